The molecular weight excluding hydrogens is 283 g/mol. The number of rotatable bonds is 3. The molecule has 110 valence electrons. The van der Waals surface area contributed by atoms with Crippen molar-refractivity contribution in [2.45, 2.75) is 19.1 Å². The first-order chi connectivity index (χ1) is 9.88. The molecule has 0 aliphatic rings. The highest BCUT2D eigenvalue weighted by molar-refractivity contribution is 5.92. The normalized spacial score (nSPS) is 12.8. The van der Waals surface area contributed by atoms with Crippen LogP contribution in [-0.4, -0.2) is 15.9 Å². The predicted octanol–water partition coefficient (Wildman–Crippen LogP) is 2.99. The molecule has 2 rings (SSSR count). The van der Waals surface area contributed by atoms with Crippen molar-refractivity contribution in [3.63, 3.8) is 0 Å². The lowest BCUT2D eigenvalue weighted by atomic mass is 10.0. The van der Waals surface area contributed by atoms with Gasteiger partial charge in [-0.1, -0.05) is 12.1 Å². The number of benzene rings is 1. The molecule has 0 unspecified atom stereocenters. The highest BCUT2D eigenvalue weighted by Gasteiger charge is 2.30. The SMILES string of the molecule is C[C@@H](NC(=O)c1cnccn1)c1cccc(C(F)(F)F)c1. The molecule has 0 saturated heterocycles. The van der Waals surface area contributed by atoms with Gasteiger partial charge in [-0.2, -0.15) is 13.2 Å². The molecule has 7 heteroatoms. The molecule has 0 aliphatic carbocycles. The summed E-state index contributed by atoms with van der Waals surface area (Å²) in [7, 11) is 0. The largest absolute Gasteiger partial charge is 0.416 e. The summed E-state index contributed by atoms with van der Waals surface area (Å²) in [6, 6.07) is 4.25. The Labute approximate surface area is 119 Å². The van der Waals surface area contributed by atoms with Gasteiger partial charge in [0.1, 0.15) is 5.69 Å². The fourth-order valence-corrected chi connectivity index (χ4v) is 1.75. The lowest BCUT2D eigenvalue weighted by Crippen LogP contribution is -2.27. The van der Waals surface area contributed by atoms with E-state index in [0.29, 0.717) is 5.56 Å². The Bertz CT molecular complexity index is 629. The maximum atomic E-state index is 12.7. The van der Waals surface area contributed by atoms with Crippen molar-refractivity contribution in [3.8, 4) is 0 Å². The van der Waals surface area contributed by atoms with Crippen LogP contribution in [0.25, 0.3) is 0 Å². The summed E-state index contributed by atoms with van der Waals surface area (Å²) in [5.41, 5.74) is -0.279. The average Bonchev–Trinajstić information content (AvgIpc) is 2.47. The maximum Gasteiger partial charge on any atom is 0.416 e. The van der Waals surface area contributed by atoms with Gasteiger partial charge in [0.05, 0.1) is 17.8 Å². The van der Waals surface area contributed by atoms with Crippen LogP contribution in [0.15, 0.2) is 42.9 Å². The van der Waals surface area contributed by atoms with Gasteiger partial charge in [-0.3, -0.25) is 9.78 Å². The fraction of sp³-hybridized carbons (Fsp3) is 0.214. The van der Waals surface area contributed by atoms with Crippen LogP contribution in [0.1, 0.15) is 34.6 Å². The number of hydrogen-bond donors (Lipinski definition) is 1. The Morgan fingerprint density at radius 3 is 2.67 bits per heavy atom. The van der Waals surface area contributed by atoms with E-state index in [-0.39, 0.29) is 5.69 Å². The third-order valence-electron chi connectivity index (χ3n) is 2.86. The number of hydrogen-bond acceptors (Lipinski definition) is 3. The van der Waals surface area contributed by atoms with Crippen molar-refractivity contribution >= 4 is 5.91 Å². The van der Waals surface area contributed by atoms with Gasteiger partial charge in [-0.05, 0) is 24.6 Å². The van der Waals surface area contributed by atoms with Gasteiger partial charge in [-0.25, -0.2) is 4.98 Å². The molecule has 4 nitrogen and oxygen atoms in total. The van der Waals surface area contributed by atoms with Gasteiger partial charge in [0.15, 0.2) is 0 Å². The van der Waals surface area contributed by atoms with Gasteiger partial charge in [0, 0.05) is 12.4 Å². The zero-order valence-electron chi connectivity index (χ0n) is 11.1. The van der Waals surface area contributed by atoms with Crippen LogP contribution in [0.4, 0.5) is 13.2 Å². The Hall–Kier alpha value is -2.44. The molecule has 0 saturated carbocycles. The van der Waals surface area contributed by atoms with Crippen molar-refractivity contribution < 1.29 is 18.0 Å². The summed E-state index contributed by atoms with van der Waals surface area (Å²) in [4.78, 5) is 19.5. The van der Waals surface area contributed by atoms with Crippen LogP contribution >= 0.6 is 0 Å². The second kappa shape index (κ2) is 5.90. The molecular formula is C14H12F3N3O. The summed E-state index contributed by atoms with van der Waals surface area (Å²) >= 11 is 0. The van der Waals surface area contributed by atoms with E-state index in [1.165, 1.54) is 30.7 Å². The lowest BCUT2D eigenvalue weighted by Gasteiger charge is -2.15. The van der Waals surface area contributed by atoms with E-state index in [4.69, 9.17) is 0 Å². The number of amides is 1. The third kappa shape index (κ3) is 3.77. The van der Waals surface area contributed by atoms with Gasteiger partial charge >= 0.3 is 6.18 Å². The van der Waals surface area contributed by atoms with Gasteiger partial charge in [-0.15, -0.1) is 0 Å². The van der Waals surface area contributed by atoms with Gasteiger partial charge in [0.25, 0.3) is 5.91 Å². The van der Waals surface area contributed by atoms with Crippen LogP contribution in [0.5, 0.6) is 0 Å². The van der Waals surface area contributed by atoms with Crippen LogP contribution in [-0.2, 0) is 6.18 Å². The molecule has 1 amide bonds. The van der Waals surface area contributed by atoms with E-state index in [9.17, 15) is 18.0 Å². The first kappa shape index (κ1) is 15.0. The molecule has 1 aromatic carbocycles. The van der Waals surface area contributed by atoms with Gasteiger partial charge in [0.2, 0.25) is 0 Å². The minimum atomic E-state index is -4.41. The molecule has 0 aliphatic heterocycles. The zero-order chi connectivity index (χ0) is 15.5. The maximum absolute atomic E-state index is 12.7. The molecule has 2 aromatic rings. The molecule has 21 heavy (non-hydrogen) atoms. The van der Waals surface area contributed by atoms with E-state index >= 15 is 0 Å². The van der Waals surface area contributed by atoms with E-state index in [2.05, 4.69) is 15.3 Å². The third-order valence-corrected chi connectivity index (χ3v) is 2.86. The molecule has 1 heterocycles. The molecule has 1 atom stereocenters. The van der Waals surface area contributed by atoms with Crippen molar-refractivity contribution in [2.24, 2.45) is 0 Å². The number of carbonyl (C=O) groups excluding carboxylic acids is 1. The highest BCUT2D eigenvalue weighted by Crippen LogP contribution is 2.30. The number of aromatic nitrogens is 2. The number of halogens is 3. The van der Waals surface area contributed by atoms with E-state index in [0.717, 1.165) is 12.1 Å². The average molecular weight is 295 g/mol. The topological polar surface area (TPSA) is 54.9 Å². The molecule has 1 aromatic heterocycles. The molecule has 0 spiro atoms. The van der Waals surface area contributed by atoms with Crippen molar-refractivity contribution in [2.75, 3.05) is 0 Å². The number of alkyl halides is 3. The first-order valence-corrected chi connectivity index (χ1v) is 6.12. The quantitative estimate of drug-likeness (QED) is 0.947. The van der Waals surface area contributed by atoms with Crippen LogP contribution in [0.3, 0.4) is 0 Å². The second-order valence-electron chi connectivity index (χ2n) is 4.41. The van der Waals surface area contributed by atoms with Crippen molar-refractivity contribution in [3.05, 3.63) is 59.7 Å². The smallest absolute Gasteiger partial charge is 0.344 e. The summed E-state index contributed by atoms with van der Waals surface area (Å²) in [6.07, 6.45) is -0.338. The Morgan fingerprint density at radius 2 is 2.05 bits per heavy atom. The molecule has 0 bridgehead atoms. The second-order valence-corrected chi connectivity index (χ2v) is 4.41. The number of nitrogens with one attached hydrogen (secondary N) is 1. The summed E-state index contributed by atoms with van der Waals surface area (Å²) in [5, 5.41) is 2.58. The van der Waals surface area contributed by atoms with Crippen molar-refractivity contribution in [1.29, 1.82) is 0 Å². The van der Waals surface area contributed by atoms with Crippen LogP contribution < -0.4 is 5.32 Å². The first-order valence-electron chi connectivity index (χ1n) is 6.12. The van der Waals surface area contributed by atoms with Gasteiger partial charge < -0.3 is 5.32 Å². The monoisotopic (exact) mass is 295 g/mol. The molecule has 0 fully saturated rings. The number of nitrogens with zero attached hydrogens (tertiary/aromatic N) is 2. The number of carbonyl (C=O) groups is 1. The van der Waals surface area contributed by atoms with Crippen molar-refractivity contribution in [1.82, 2.24) is 15.3 Å². The summed E-state index contributed by atoms with van der Waals surface area (Å²) < 4.78 is 38.0. The zero-order valence-corrected chi connectivity index (χ0v) is 11.1. The lowest BCUT2D eigenvalue weighted by molar-refractivity contribution is -0.137. The Morgan fingerprint density at radius 1 is 1.29 bits per heavy atom. The van der Waals surface area contributed by atoms with E-state index in [1.807, 2.05) is 0 Å². The standard InChI is InChI=1S/C14H12F3N3O/c1-9(20-13(21)12-8-18-5-6-19-12)10-3-2-4-11(7-10)14(15,16)17/h2-9H,1H3,(H,20,21)/t9-/m1/s1. The minimum absolute atomic E-state index is 0.108. The minimum Gasteiger partial charge on any atom is -0.344 e. The van der Waals surface area contributed by atoms with E-state index < -0.39 is 23.7 Å². The summed E-state index contributed by atoms with van der Waals surface area (Å²) in [5.74, 6) is -0.493. The van der Waals surface area contributed by atoms with E-state index in [1.54, 1.807) is 6.92 Å². The molecule has 1 N–H and O–H groups in total. The fourth-order valence-electron chi connectivity index (χ4n) is 1.75. The van der Waals surface area contributed by atoms with Crippen LogP contribution in [0.2, 0.25) is 0 Å². The Kier molecular flexibility index (Phi) is 4.21. The predicted molar refractivity (Wildman–Crippen MR) is 69.4 cm³/mol. The highest BCUT2D eigenvalue weighted by atomic mass is 19.4. The summed E-state index contributed by atoms with van der Waals surface area (Å²) in [6.45, 7) is 1.60. The Balaban J connectivity index is 2.14. The molecule has 0 radical (unpaired) electrons. The van der Waals surface area contributed by atoms with Crippen LogP contribution in [0, 0.1) is 0 Å².